The number of carboxylic acids is 1. The summed E-state index contributed by atoms with van der Waals surface area (Å²) in [5.41, 5.74) is 0.743. The van der Waals surface area contributed by atoms with Gasteiger partial charge in [-0.2, -0.15) is 0 Å². The fraction of sp³-hybridized carbons (Fsp3) is 0.160. The van der Waals surface area contributed by atoms with Gasteiger partial charge in [-0.3, -0.25) is 0 Å². The molecular formula is C25H24NNaO6S. The number of para-hydroxylation sites is 1. The van der Waals surface area contributed by atoms with Crippen LogP contribution in [0.15, 0.2) is 60.7 Å². The number of thiophene rings is 1. The Balaban J connectivity index is 0.00000324. The summed E-state index contributed by atoms with van der Waals surface area (Å²) in [5.74, 6) is 2.28. The van der Waals surface area contributed by atoms with Crippen molar-refractivity contribution in [2.45, 2.75) is 6.54 Å². The van der Waals surface area contributed by atoms with Crippen molar-refractivity contribution in [2.75, 3.05) is 26.6 Å². The van der Waals surface area contributed by atoms with Crippen molar-refractivity contribution in [3.8, 4) is 28.7 Å². The first-order valence-corrected chi connectivity index (χ1v) is 10.9. The van der Waals surface area contributed by atoms with Crippen LogP contribution < -0.4 is 24.3 Å². The number of rotatable bonds is 9. The molecule has 4 aromatic rings. The van der Waals surface area contributed by atoms with E-state index in [2.05, 4.69) is 5.32 Å². The summed E-state index contributed by atoms with van der Waals surface area (Å²) >= 11 is 1.54. The van der Waals surface area contributed by atoms with Gasteiger partial charge in [0.2, 0.25) is 0 Å². The summed E-state index contributed by atoms with van der Waals surface area (Å²) < 4.78 is 23.4. The van der Waals surface area contributed by atoms with Gasteiger partial charge in [0.1, 0.15) is 11.5 Å². The standard InChI is InChI=1S/C25H23NO6S.Na.H/c1-29-15-8-10-16(11-9-15)32-24-18-12-20(30-2)21(31-3)13-22(18)33-23(24)14-26-19-7-5-4-6-17(19)25(27)28;;/h4-13,26H,14H2,1-3H3,(H,27,28);;. The molecule has 2 N–H and O–H groups in total. The number of carboxylic acid groups (broad SMARTS) is 1. The molecule has 0 aliphatic heterocycles. The minimum absolute atomic E-state index is 0. The van der Waals surface area contributed by atoms with Crippen LogP contribution in [-0.4, -0.2) is 62.0 Å². The fourth-order valence-corrected chi connectivity index (χ4v) is 4.52. The van der Waals surface area contributed by atoms with Crippen molar-refractivity contribution in [3.05, 3.63) is 71.1 Å². The number of benzene rings is 3. The van der Waals surface area contributed by atoms with Crippen LogP contribution in [0, 0.1) is 0 Å². The predicted molar refractivity (Wildman–Crippen MR) is 136 cm³/mol. The number of anilines is 1. The van der Waals surface area contributed by atoms with E-state index in [9.17, 15) is 9.90 Å². The van der Waals surface area contributed by atoms with Crippen LogP contribution in [0.2, 0.25) is 0 Å². The Labute approximate surface area is 223 Å². The number of ether oxygens (including phenoxy) is 4. The molecular weight excluding hydrogens is 465 g/mol. The summed E-state index contributed by atoms with van der Waals surface area (Å²) in [4.78, 5) is 12.5. The average molecular weight is 490 g/mol. The Hall–Kier alpha value is -2.91. The Morgan fingerprint density at radius 3 is 2.21 bits per heavy atom. The van der Waals surface area contributed by atoms with Crippen LogP contribution in [0.1, 0.15) is 15.2 Å². The SMILES string of the molecule is COc1ccc(Oc2c(CNc3ccccc3C(=O)O)sc3cc(OC)c(OC)cc23)cc1.[NaH]. The van der Waals surface area contributed by atoms with Gasteiger partial charge in [-0.25, -0.2) is 4.79 Å². The van der Waals surface area contributed by atoms with E-state index < -0.39 is 5.97 Å². The second kappa shape index (κ2) is 11.5. The molecule has 1 heterocycles. The van der Waals surface area contributed by atoms with Gasteiger partial charge in [0, 0.05) is 21.8 Å². The van der Waals surface area contributed by atoms with E-state index in [0.717, 1.165) is 20.7 Å². The quantitative estimate of drug-likeness (QED) is 0.305. The van der Waals surface area contributed by atoms with Crippen LogP contribution in [-0.2, 0) is 6.54 Å². The first kappa shape index (κ1) is 25.7. The molecule has 0 saturated heterocycles. The molecule has 0 radical (unpaired) electrons. The minimum atomic E-state index is -0.987. The monoisotopic (exact) mass is 489 g/mol. The number of hydrogen-bond donors (Lipinski definition) is 2. The Kier molecular flexibility index (Phi) is 8.68. The van der Waals surface area contributed by atoms with Gasteiger partial charge < -0.3 is 29.4 Å². The first-order chi connectivity index (χ1) is 16.0. The van der Waals surface area contributed by atoms with Crippen LogP contribution >= 0.6 is 11.3 Å². The van der Waals surface area contributed by atoms with Crippen LogP contribution in [0.25, 0.3) is 10.1 Å². The molecule has 7 nitrogen and oxygen atoms in total. The number of nitrogens with one attached hydrogen (secondary N) is 1. The number of methoxy groups -OCH3 is 3. The first-order valence-electron chi connectivity index (χ1n) is 10.1. The average Bonchev–Trinajstić information content (AvgIpc) is 3.18. The van der Waals surface area contributed by atoms with Crippen molar-refractivity contribution in [1.82, 2.24) is 0 Å². The molecule has 1 aromatic heterocycles. The molecule has 0 bridgehead atoms. The zero-order valence-corrected chi connectivity index (χ0v) is 19.2. The third-order valence-electron chi connectivity index (χ3n) is 5.09. The van der Waals surface area contributed by atoms with Gasteiger partial charge in [0.25, 0.3) is 0 Å². The molecule has 172 valence electrons. The van der Waals surface area contributed by atoms with Crippen LogP contribution in [0.4, 0.5) is 5.69 Å². The Morgan fingerprint density at radius 2 is 1.56 bits per heavy atom. The van der Waals surface area contributed by atoms with Crippen LogP contribution in [0.5, 0.6) is 28.7 Å². The maximum atomic E-state index is 11.6. The molecule has 0 spiro atoms. The maximum absolute atomic E-state index is 11.6. The van der Waals surface area contributed by atoms with E-state index in [-0.39, 0.29) is 35.1 Å². The molecule has 0 saturated carbocycles. The van der Waals surface area contributed by atoms with E-state index >= 15 is 0 Å². The van der Waals surface area contributed by atoms with E-state index in [1.54, 1.807) is 45.6 Å². The van der Waals surface area contributed by atoms with Crippen molar-refractivity contribution < 1.29 is 28.8 Å². The van der Waals surface area contributed by atoms with Gasteiger partial charge in [-0.05, 0) is 42.5 Å². The third kappa shape index (κ3) is 5.42. The zero-order valence-electron chi connectivity index (χ0n) is 18.4. The second-order valence-corrected chi connectivity index (χ2v) is 8.18. The number of carbonyl (C=O) groups is 1. The molecule has 9 heteroatoms. The predicted octanol–water partition coefficient (Wildman–Crippen LogP) is 5.38. The second-order valence-electron chi connectivity index (χ2n) is 7.04. The molecule has 34 heavy (non-hydrogen) atoms. The summed E-state index contributed by atoms with van der Waals surface area (Å²) in [6.45, 7) is 0.375. The van der Waals surface area contributed by atoms with Crippen molar-refractivity contribution in [1.29, 1.82) is 0 Å². The number of hydrogen-bond acceptors (Lipinski definition) is 7. The van der Waals surface area contributed by atoms with E-state index in [0.29, 0.717) is 35.2 Å². The van der Waals surface area contributed by atoms with Gasteiger partial charge in [-0.15, -0.1) is 11.3 Å². The third-order valence-corrected chi connectivity index (χ3v) is 6.23. The summed E-state index contributed by atoms with van der Waals surface area (Å²) in [6.07, 6.45) is 0. The topological polar surface area (TPSA) is 86.3 Å². The normalized spacial score (nSPS) is 10.3. The molecule has 0 aliphatic carbocycles. The fourth-order valence-electron chi connectivity index (χ4n) is 3.44. The van der Waals surface area contributed by atoms with Crippen molar-refractivity contribution in [3.63, 3.8) is 0 Å². The molecule has 0 atom stereocenters. The van der Waals surface area contributed by atoms with E-state index in [1.165, 1.54) is 11.3 Å². The summed E-state index contributed by atoms with van der Waals surface area (Å²) in [6, 6.07) is 17.9. The molecule has 0 unspecified atom stereocenters. The molecule has 3 aromatic carbocycles. The van der Waals surface area contributed by atoms with E-state index in [1.807, 2.05) is 36.4 Å². The zero-order chi connectivity index (χ0) is 23.4. The molecule has 0 fully saturated rings. The molecule has 0 amide bonds. The molecule has 4 rings (SSSR count). The van der Waals surface area contributed by atoms with E-state index in [4.69, 9.17) is 18.9 Å². The van der Waals surface area contributed by atoms with Gasteiger partial charge in [-0.1, -0.05) is 12.1 Å². The van der Waals surface area contributed by atoms with Crippen LogP contribution in [0.3, 0.4) is 0 Å². The Morgan fingerprint density at radius 1 is 0.912 bits per heavy atom. The number of fused-ring (bicyclic) bond motifs is 1. The summed E-state index contributed by atoms with van der Waals surface area (Å²) in [5, 5.41) is 13.6. The van der Waals surface area contributed by atoms with Crippen molar-refractivity contribution in [2.24, 2.45) is 0 Å². The number of aromatic carboxylic acids is 1. The van der Waals surface area contributed by atoms with Crippen molar-refractivity contribution >= 4 is 62.6 Å². The molecule has 0 aliphatic rings. The van der Waals surface area contributed by atoms with Gasteiger partial charge in [0.05, 0.1) is 38.3 Å². The Bertz CT molecular complexity index is 1290. The van der Waals surface area contributed by atoms with Gasteiger partial charge >= 0.3 is 35.5 Å². The summed E-state index contributed by atoms with van der Waals surface area (Å²) in [7, 11) is 4.80. The van der Waals surface area contributed by atoms with Gasteiger partial charge in [0.15, 0.2) is 17.2 Å².